The van der Waals surface area contributed by atoms with E-state index in [4.69, 9.17) is 153 Å². The van der Waals surface area contributed by atoms with Crippen molar-refractivity contribution >= 4 is 147 Å². The number of hydrogen-bond acceptors (Lipinski definition) is 4. The molecule has 158 valence electrons. The van der Waals surface area contributed by atoms with E-state index in [1.54, 1.807) is 0 Å². The van der Waals surface area contributed by atoms with Crippen molar-refractivity contribution < 1.29 is 18.1 Å². The van der Waals surface area contributed by atoms with Gasteiger partial charge in [0.05, 0.1) is 0 Å². The molecule has 0 aromatic rings. The predicted octanol–water partition coefficient (Wildman–Crippen LogP) is 9.12. The first kappa shape index (κ1) is 29.6. The third-order valence-electron chi connectivity index (χ3n) is 1.91. The third kappa shape index (κ3) is 17.3. The summed E-state index contributed by atoms with van der Waals surface area (Å²) >= 11 is 67.7. The Bertz CT molecular complexity index is 408. The molecule has 0 spiro atoms. The van der Waals surface area contributed by atoms with E-state index in [-0.39, 0.29) is 0 Å². The molecule has 0 saturated heterocycles. The number of rotatable bonds is 9. The first-order valence-corrected chi connectivity index (χ1v) is 12.2. The van der Waals surface area contributed by atoms with Gasteiger partial charge in [0.15, 0.2) is 11.4 Å². The van der Waals surface area contributed by atoms with E-state index in [0.29, 0.717) is 0 Å². The van der Waals surface area contributed by atoms with Crippen LogP contribution in [0.5, 0.6) is 0 Å². The van der Waals surface area contributed by atoms with Gasteiger partial charge in [0.1, 0.15) is 16.7 Å². The van der Waals surface area contributed by atoms with Gasteiger partial charge in [0, 0.05) is 19.3 Å². The van der Waals surface area contributed by atoms with Crippen LogP contribution in [-0.2, 0) is 18.1 Å². The fraction of sp³-hybridized carbons (Fsp3) is 1.00. The zero-order chi connectivity index (χ0) is 21.0. The quantitative estimate of drug-likeness (QED) is 0.187. The Morgan fingerprint density at radius 1 is 0.577 bits per heavy atom. The predicted molar refractivity (Wildman–Crippen MR) is 115 cm³/mol. The molecule has 0 aromatic heterocycles. The Balaban J connectivity index is 5.21. The smallest absolute Gasteiger partial charge is 0.267 e. The van der Waals surface area contributed by atoms with Crippen molar-refractivity contribution in [3.05, 3.63) is 0 Å². The van der Waals surface area contributed by atoms with E-state index in [0.717, 1.165) is 0 Å². The van der Waals surface area contributed by atoms with E-state index in [1.165, 1.54) is 0 Å². The summed E-state index contributed by atoms with van der Waals surface area (Å²) in [5, 5.41) is 0. The minimum Gasteiger partial charge on any atom is -0.267 e. The summed E-state index contributed by atoms with van der Waals surface area (Å²) in [7, 11) is -4.57. The van der Waals surface area contributed by atoms with Crippen LogP contribution in [0.4, 0.5) is 0 Å². The zero-order valence-corrected chi connectivity index (χ0v) is 21.9. The Kier molecular flexibility index (Phi) is 13.7. The number of phosphoric ester groups is 1. The molecule has 0 aliphatic heterocycles. The SMILES string of the molecule is O=P(OC(Cl)CC(Cl)(Cl)Cl)(OC(Cl)CC(Cl)(Cl)Cl)OC(Cl)CC(Cl)(Cl)Cl. The monoisotopic (exact) mass is 632 g/mol. The van der Waals surface area contributed by atoms with Crippen molar-refractivity contribution in [1.82, 2.24) is 0 Å². The summed E-state index contributed by atoms with van der Waals surface area (Å²) in [6, 6.07) is 0. The summed E-state index contributed by atoms with van der Waals surface area (Å²) < 4.78 is 22.3. The topological polar surface area (TPSA) is 44.8 Å². The largest absolute Gasteiger partial charge is 0.479 e. The van der Waals surface area contributed by atoms with Gasteiger partial charge in [-0.2, -0.15) is 0 Å². The van der Waals surface area contributed by atoms with E-state index in [9.17, 15) is 4.57 Å². The first-order valence-electron chi connectivity index (χ1n) is 6.08. The van der Waals surface area contributed by atoms with Crippen LogP contribution >= 0.6 is 147 Å². The molecule has 0 aliphatic carbocycles. The standard InChI is InChI=1S/C9H9Cl12O4P/c10-4(1-7(13,14)15)23-26(22,24-5(11)2-8(16,17)18)25-6(12)3-9(19,20)21/h4-6H,1-3H2. The van der Waals surface area contributed by atoms with Crippen LogP contribution in [0, 0.1) is 0 Å². The van der Waals surface area contributed by atoms with Crippen molar-refractivity contribution in [1.29, 1.82) is 0 Å². The van der Waals surface area contributed by atoms with Gasteiger partial charge >= 0.3 is 7.82 Å². The van der Waals surface area contributed by atoms with Gasteiger partial charge < -0.3 is 0 Å². The molecule has 0 radical (unpaired) electrons. The molecule has 3 atom stereocenters. The normalized spacial score (nSPS) is 19.7. The van der Waals surface area contributed by atoms with Gasteiger partial charge in [-0.25, -0.2) is 4.57 Å². The lowest BCUT2D eigenvalue weighted by Crippen LogP contribution is -2.21. The van der Waals surface area contributed by atoms with Crippen molar-refractivity contribution in [2.45, 2.75) is 47.3 Å². The molecule has 0 heterocycles. The molecule has 4 nitrogen and oxygen atoms in total. The lowest BCUT2D eigenvalue weighted by Gasteiger charge is -2.27. The second-order valence-corrected chi connectivity index (χ2v) is 15.0. The first-order chi connectivity index (χ1) is 11.3. The average Bonchev–Trinajstić information content (AvgIpc) is 2.16. The van der Waals surface area contributed by atoms with Crippen LogP contribution in [0.25, 0.3) is 0 Å². The highest BCUT2D eigenvalue weighted by Gasteiger charge is 2.41. The second-order valence-electron chi connectivity index (χ2n) is 4.45. The molecule has 17 heteroatoms. The minimum absolute atomic E-state index is 0.398. The Morgan fingerprint density at radius 2 is 0.769 bits per heavy atom. The maximum Gasteiger partial charge on any atom is 0.479 e. The fourth-order valence-electron chi connectivity index (χ4n) is 1.15. The maximum atomic E-state index is 12.8. The number of hydrogen-bond donors (Lipinski definition) is 0. The molecule has 3 unspecified atom stereocenters. The van der Waals surface area contributed by atoms with Gasteiger partial charge in [-0.1, -0.05) is 139 Å². The van der Waals surface area contributed by atoms with Gasteiger partial charge in [0.25, 0.3) is 0 Å². The Labute approximate surface area is 210 Å². The van der Waals surface area contributed by atoms with Crippen LogP contribution in [-0.4, -0.2) is 28.1 Å². The van der Waals surface area contributed by atoms with Gasteiger partial charge in [-0.3, -0.25) is 13.6 Å². The average molecular weight is 638 g/mol. The number of halogens is 12. The summed E-state index contributed by atoms with van der Waals surface area (Å²) in [4.78, 5) is 0. The third-order valence-corrected chi connectivity index (χ3v) is 5.94. The fourth-order valence-corrected chi connectivity index (χ4v) is 5.91. The van der Waals surface area contributed by atoms with Crippen molar-refractivity contribution in [2.75, 3.05) is 0 Å². The summed E-state index contributed by atoms with van der Waals surface area (Å²) in [6.45, 7) is 0. The molecule has 0 amide bonds. The van der Waals surface area contributed by atoms with Crippen LogP contribution in [0.2, 0.25) is 0 Å². The van der Waals surface area contributed by atoms with Crippen molar-refractivity contribution in [3.8, 4) is 0 Å². The lowest BCUT2D eigenvalue weighted by molar-refractivity contribution is 0.0804. The number of phosphoric acid groups is 1. The molecule has 26 heavy (non-hydrogen) atoms. The number of alkyl halides is 12. The van der Waals surface area contributed by atoms with E-state index >= 15 is 0 Å². The van der Waals surface area contributed by atoms with E-state index in [2.05, 4.69) is 0 Å². The van der Waals surface area contributed by atoms with Crippen LogP contribution in [0.1, 0.15) is 19.3 Å². The van der Waals surface area contributed by atoms with Gasteiger partial charge in [0.2, 0.25) is 0 Å². The molecular formula is C9H9Cl12O4P. The van der Waals surface area contributed by atoms with Crippen molar-refractivity contribution in [3.63, 3.8) is 0 Å². The summed E-state index contributed by atoms with van der Waals surface area (Å²) in [5.41, 5.74) is -4.33. The molecule has 0 saturated carbocycles. The second kappa shape index (κ2) is 12.0. The molecule has 0 bridgehead atoms. The van der Waals surface area contributed by atoms with Crippen LogP contribution in [0.15, 0.2) is 0 Å². The zero-order valence-electron chi connectivity index (χ0n) is 12.0. The molecular weight excluding hydrogens is 629 g/mol. The van der Waals surface area contributed by atoms with Crippen LogP contribution < -0.4 is 0 Å². The Morgan fingerprint density at radius 3 is 0.923 bits per heavy atom. The Hall–Kier alpha value is 3.59. The summed E-state index contributed by atoms with van der Waals surface area (Å²) in [6.07, 6.45) is -1.19. The highest BCUT2D eigenvalue weighted by Crippen LogP contribution is 2.57. The molecule has 0 rings (SSSR count). The van der Waals surface area contributed by atoms with Crippen molar-refractivity contribution in [2.24, 2.45) is 0 Å². The van der Waals surface area contributed by atoms with Gasteiger partial charge in [-0.05, 0) is 0 Å². The maximum absolute atomic E-state index is 12.8. The molecule has 0 aliphatic rings. The minimum atomic E-state index is -4.57. The highest BCUT2D eigenvalue weighted by atomic mass is 35.6. The lowest BCUT2D eigenvalue weighted by atomic mass is 10.5. The van der Waals surface area contributed by atoms with E-state index < -0.39 is 55.2 Å². The molecule has 0 fully saturated rings. The molecule has 0 N–H and O–H groups in total. The highest BCUT2D eigenvalue weighted by molar-refractivity contribution is 7.48. The van der Waals surface area contributed by atoms with Gasteiger partial charge in [-0.15, -0.1) is 0 Å². The summed E-state index contributed by atoms with van der Waals surface area (Å²) in [5.74, 6) is 0. The van der Waals surface area contributed by atoms with Crippen LogP contribution in [0.3, 0.4) is 0 Å². The molecule has 0 aromatic carbocycles. The van der Waals surface area contributed by atoms with E-state index in [1.807, 2.05) is 0 Å².